The Hall–Kier alpha value is -0.0800. The van der Waals surface area contributed by atoms with Gasteiger partial charge in [-0.2, -0.15) is 0 Å². The molecular formula is C9H17NO. The van der Waals surface area contributed by atoms with E-state index in [-0.39, 0.29) is 6.10 Å². The van der Waals surface area contributed by atoms with Gasteiger partial charge in [0.15, 0.2) is 0 Å². The molecule has 2 nitrogen and oxygen atoms in total. The molecule has 2 N–H and O–H groups in total. The highest BCUT2D eigenvalue weighted by molar-refractivity contribution is 4.84. The maximum Gasteiger partial charge on any atom is 0.0543 e. The Morgan fingerprint density at radius 2 is 2.00 bits per heavy atom. The predicted molar refractivity (Wildman–Crippen MR) is 44.3 cm³/mol. The molecular weight excluding hydrogens is 138 g/mol. The number of nitrogens with one attached hydrogen (secondary N) is 1. The van der Waals surface area contributed by atoms with Gasteiger partial charge < -0.3 is 10.4 Å². The third-order valence-electron chi connectivity index (χ3n) is 3.21. The summed E-state index contributed by atoms with van der Waals surface area (Å²) in [6.45, 7) is 2.35. The molecule has 1 saturated carbocycles. The lowest BCUT2D eigenvalue weighted by molar-refractivity contribution is 0.0549. The molecule has 2 aliphatic rings. The molecule has 1 heterocycles. The normalized spacial score (nSPS) is 45.0. The van der Waals surface area contributed by atoms with Gasteiger partial charge in [0.2, 0.25) is 0 Å². The average molecular weight is 155 g/mol. The van der Waals surface area contributed by atoms with Gasteiger partial charge in [0.05, 0.1) is 6.10 Å². The largest absolute Gasteiger partial charge is 0.393 e. The van der Waals surface area contributed by atoms with E-state index in [1.165, 1.54) is 19.4 Å². The van der Waals surface area contributed by atoms with Gasteiger partial charge in [0, 0.05) is 0 Å². The standard InChI is InChI=1S/C9H17NO/c11-9-2-1-8-6-10-4-3-7(8)5-9/h7-11H,1-6H2/t7-,8-,9+/m0/s1. The first-order valence-corrected chi connectivity index (χ1v) is 4.75. The van der Waals surface area contributed by atoms with E-state index in [4.69, 9.17) is 0 Å². The monoisotopic (exact) mass is 155 g/mol. The highest BCUT2D eigenvalue weighted by atomic mass is 16.3. The average Bonchev–Trinajstić information content (AvgIpc) is 2.04. The summed E-state index contributed by atoms with van der Waals surface area (Å²) in [6, 6.07) is 0. The lowest BCUT2D eigenvalue weighted by Crippen LogP contribution is -2.41. The zero-order valence-corrected chi connectivity index (χ0v) is 6.92. The van der Waals surface area contributed by atoms with Crippen molar-refractivity contribution in [1.82, 2.24) is 5.32 Å². The van der Waals surface area contributed by atoms with Crippen molar-refractivity contribution in [2.75, 3.05) is 13.1 Å². The molecule has 1 saturated heterocycles. The number of rotatable bonds is 0. The fraction of sp³-hybridized carbons (Fsp3) is 1.00. The Morgan fingerprint density at radius 1 is 1.09 bits per heavy atom. The molecule has 1 aliphatic heterocycles. The number of aliphatic hydroxyl groups is 1. The minimum Gasteiger partial charge on any atom is -0.393 e. The van der Waals surface area contributed by atoms with E-state index >= 15 is 0 Å². The Balaban J connectivity index is 1.93. The Labute approximate surface area is 68.0 Å². The van der Waals surface area contributed by atoms with Crippen molar-refractivity contribution < 1.29 is 5.11 Å². The summed E-state index contributed by atoms with van der Waals surface area (Å²) in [5, 5.41) is 12.8. The molecule has 0 aromatic rings. The summed E-state index contributed by atoms with van der Waals surface area (Å²) in [7, 11) is 0. The topological polar surface area (TPSA) is 32.3 Å². The van der Waals surface area contributed by atoms with Gasteiger partial charge in [-0.05, 0) is 50.6 Å². The van der Waals surface area contributed by atoms with E-state index in [2.05, 4.69) is 5.32 Å². The van der Waals surface area contributed by atoms with Crippen LogP contribution in [0.3, 0.4) is 0 Å². The van der Waals surface area contributed by atoms with Gasteiger partial charge in [-0.25, -0.2) is 0 Å². The number of aliphatic hydroxyl groups excluding tert-OH is 1. The van der Waals surface area contributed by atoms with Crippen molar-refractivity contribution in [3.8, 4) is 0 Å². The van der Waals surface area contributed by atoms with Gasteiger partial charge in [-0.3, -0.25) is 0 Å². The molecule has 64 valence electrons. The van der Waals surface area contributed by atoms with Crippen molar-refractivity contribution in [3.05, 3.63) is 0 Å². The van der Waals surface area contributed by atoms with Crippen LogP contribution in [-0.4, -0.2) is 24.3 Å². The van der Waals surface area contributed by atoms with Gasteiger partial charge in [-0.15, -0.1) is 0 Å². The van der Waals surface area contributed by atoms with E-state index in [1.54, 1.807) is 0 Å². The van der Waals surface area contributed by atoms with Crippen molar-refractivity contribution >= 4 is 0 Å². The summed E-state index contributed by atoms with van der Waals surface area (Å²) in [6.07, 6.45) is 4.62. The van der Waals surface area contributed by atoms with Crippen LogP contribution in [0.1, 0.15) is 25.7 Å². The highest BCUT2D eigenvalue weighted by Crippen LogP contribution is 2.33. The van der Waals surface area contributed by atoms with Gasteiger partial charge >= 0.3 is 0 Å². The number of hydrogen-bond acceptors (Lipinski definition) is 2. The first-order chi connectivity index (χ1) is 5.36. The lowest BCUT2D eigenvalue weighted by Gasteiger charge is -2.37. The fourth-order valence-corrected chi connectivity index (χ4v) is 2.50. The maximum atomic E-state index is 9.43. The fourth-order valence-electron chi connectivity index (χ4n) is 2.50. The minimum atomic E-state index is 0.00866. The first-order valence-electron chi connectivity index (χ1n) is 4.75. The maximum absolute atomic E-state index is 9.43. The molecule has 2 rings (SSSR count). The van der Waals surface area contributed by atoms with Gasteiger partial charge in [0.25, 0.3) is 0 Å². The van der Waals surface area contributed by atoms with Crippen LogP contribution in [0.4, 0.5) is 0 Å². The first kappa shape index (κ1) is 7.56. The highest BCUT2D eigenvalue weighted by Gasteiger charge is 2.30. The summed E-state index contributed by atoms with van der Waals surface area (Å²) < 4.78 is 0. The van der Waals surface area contributed by atoms with E-state index in [1.807, 2.05) is 0 Å². The molecule has 0 aromatic heterocycles. The Morgan fingerprint density at radius 3 is 2.91 bits per heavy atom. The minimum absolute atomic E-state index is 0.00866. The predicted octanol–water partition coefficient (Wildman–Crippen LogP) is 0.757. The van der Waals surface area contributed by atoms with Crippen molar-refractivity contribution in [1.29, 1.82) is 0 Å². The Bertz CT molecular complexity index is 138. The second-order valence-corrected chi connectivity index (χ2v) is 3.98. The number of piperidine rings is 1. The molecule has 2 heteroatoms. The summed E-state index contributed by atoms with van der Waals surface area (Å²) >= 11 is 0. The van der Waals surface area contributed by atoms with Crippen LogP contribution in [-0.2, 0) is 0 Å². The van der Waals surface area contributed by atoms with Crippen LogP contribution < -0.4 is 5.32 Å². The Kier molecular flexibility index (Phi) is 2.14. The SMILES string of the molecule is O[C@@H]1CC[C@H]2CNCC[C@H]2C1. The zero-order chi connectivity index (χ0) is 7.68. The molecule has 0 aromatic carbocycles. The van der Waals surface area contributed by atoms with E-state index in [0.29, 0.717) is 0 Å². The van der Waals surface area contributed by atoms with E-state index in [9.17, 15) is 5.11 Å². The molecule has 11 heavy (non-hydrogen) atoms. The van der Waals surface area contributed by atoms with Crippen molar-refractivity contribution in [3.63, 3.8) is 0 Å². The quantitative estimate of drug-likeness (QED) is 0.541. The van der Waals surface area contributed by atoms with Crippen molar-refractivity contribution in [2.24, 2.45) is 11.8 Å². The van der Waals surface area contributed by atoms with Crippen LogP contribution in [0.5, 0.6) is 0 Å². The zero-order valence-electron chi connectivity index (χ0n) is 6.92. The van der Waals surface area contributed by atoms with Gasteiger partial charge in [-0.1, -0.05) is 0 Å². The molecule has 3 atom stereocenters. The lowest BCUT2D eigenvalue weighted by atomic mass is 9.74. The summed E-state index contributed by atoms with van der Waals surface area (Å²) in [5.41, 5.74) is 0. The van der Waals surface area contributed by atoms with Crippen LogP contribution >= 0.6 is 0 Å². The third-order valence-corrected chi connectivity index (χ3v) is 3.21. The molecule has 0 unspecified atom stereocenters. The van der Waals surface area contributed by atoms with Gasteiger partial charge in [0.1, 0.15) is 0 Å². The molecule has 0 amide bonds. The van der Waals surface area contributed by atoms with Crippen LogP contribution in [0.15, 0.2) is 0 Å². The second kappa shape index (κ2) is 3.11. The van der Waals surface area contributed by atoms with Crippen molar-refractivity contribution in [2.45, 2.75) is 31.8 Å². The van der Waals surface area contributed by atoms with Crippen LogP contribution in [0.2, 0.25) is 0 Å². The molecule has 2 fully saturated rings. The number of hydrogen-bond donors (Lipinski definition) is 2. The second-order valence-electron chi connectivity index (χ2n) is 3.98. The number of fused-ring (bicyclic) bond motifs is 1. The van der Waals surface area contributed by atoms with Crippen LogP contribution in [0.25, 0.3) is 0 Å². The molecule has 0 bridgehead atoms. The molecule has 0 spiro atoms. The molecule has 0 radical (unpaired) electrons. The van der Waals surface area contributed by atoms with Crippen LogP contribution in [0, 0.1) is 11.8 Å². The smallest absolute Gasteiger partial charge is 0.0543 e. The van der Waals surface area contributed by atoms with E-state index in [0.717, 1.165) is 31.2 Å². The van der Waals surface area contributed by atoms with E-state index < -0.39 is 0 Å². The summed E-state index contributed by atoms with van der Waals surface area (Å²) in [5.74, 6) is 1.69. The summed E-state index contributed by atoms with van der Waals surface area (Å²) in [4.78, 5) is 0. The third kappa shape index (κ3) is 1.57. The molecule has 1 aliphatic carbocycles.